The highest BCUT2D eigenvalue weighted by atomic mass is 32.2. The molecule has 0 heterocycles. The lowest BCUT2D eigenvalue weighted by Gasteiger charge is -2.28. The van der Waals surface area contributed by atoms with Crippen molar-refractivity contribution in [1.82, 2.24) is 0 Å². The summed E-state index contributed by atoms with van der Waals surface area (Å²) in [6, 6.07) is 0. The van der Waals surface area contributed by atoms with Crippen molar-refractivity contribution in [1.29, 1.82) is 0 Å². The number of sulfone groups is 1. The monoisotopic (exact) mass is 466 g/mol. The van der Waals surface area contributed by atoms with Crippen LogP contribution in [-0.4, -0.2) is 60.6 Å². The first-order valence-electron chi connectivity index (χ1n) is 6.71. The first-order chi connectivity index (χ1) is 12.0. The number of alkyl halides is 12. The Morgan fingerprint density at radius 1 is 0.750 bits per heavy atom. The molecule has 1 atom stereocenters. The molecule has 4 nitrogen and oxygen atoms in total. The minimum absolute atomic E-state index is 2.10. The van der Waals surface area contributed by atoms with E-state index in [-0.39, 0.29) is 0 Å². The SMILES string of the molecule is O=C(O)C(CCC(F)(F)C(F)(F)C(F)(F)F)S(=O)(=O)CCC(F)(F)C(F)(F)F. The molecule has 0 fully saturated rings. The molecule has 0 saturated heterocycles. The van der Waals surface area contributed by atoms with Gasteiger partial charge < -0.3 is 5.11 Å². The third-order valence-electron chi connectivity index (χ3n) is 3.36. The molecule has 0 bridgehead atoms. The van der Waals surface area contributed by atoms with Crippen LogP contribution in [-0.2, 0) is 14.6 Å². The third kappa shape index (κ3) is 5.79. The van der Waals surface area contributed by atoms with E-state index >= 15 is 0 Å². The lowest BCUT2D eigenvalue weighted by Crippen LogP contribution is -2.52. The van der Waals surface area contributed by atoms with Crippen molar-refractivity contribution in [3.63, 3.8) is 0 Å². The van der Waals surface area contributed by atoms with E-state index < -0.39 is 76.2 Å². The molecule has 0 aliphatic rings. The van der Waals surface area contributed by atoms with E-state index in [4.69, 9.17) is 5.11 Å². The van der Waals surface area contributed by atoms with Gasteiger partial charge in [0.25, 0.3) is 0 Å². The fourth-order valence-electron chi connectivity index (χ4n) is 1.69. The van der Waals surface area contributed by atoms with Crippen LogP contribution < -0.4 is 0 Å². The summed E-state index contributed by atoms with van der Waals surface area (Å²) in [4.78, 5) is 10.8. The number of carbonyl (C=O) groups is 1. The Morgan fingerprint density at radius 2 is 1.18 bits per heavy atom. The van der Waals surface area contributed by atoms with E-state index in [9.17, 15) is 65.9 Å². The van der Waals surface area contributed by atoms with Crippen LogP contribution >= 0.6 is 0 Å². The van der Waals surface area contributed by atoms with Gasteiger partial charge in [-0.25, -0.2) is 8.42 Å². The summed E-state index contributed by atoms with van der Waals surface area (Å²) >= 11 is 0. The van der Waals surface area contributed by atoms with Gasteiger partial charge in [0.05, 0.1) is 5.75 Å². The maximum absolute atomic E-state index is 13.1. The minimum Gasteiger partial charge on any atom is -0.480 e. The summed E-state index contributed by atoms with van der Waals surface area (Å²) < 4.78 is 172. The highest BCUT2D eigenvalue weighted by molar-refractivity contribution is 7.92. The molecule has 17 heteroatoms. The van der Waals surface area contributed by atoms with Gasteiger partial charge in [-0.15, -0.1) is 0 Å². The number of halogens is 12. The lowest BCUT2D eigenvalue weighted by molar-refractivity contribution is -0.355. The number of carboxylic acids is 1. The minimum atomic E-state index is -6.79. The van der Waals surface area contributed by atoms with E-state index in [2.05, 4.69) is 0 Å². The number of aliphatic carboxylic acids is 1. The maximum Gasteiger partial charge on any atom is 0.459 e. The van der Waals surface area contributed by atoms with Crippen LogP contribution in [0.15, 0.2) is 0 Å². The van der Waals surface area contributed by atoms with E-state index in [1.807, 2.05) is 0 Å². The molecular formula is C11H10F12O4S. The second kappa shape index (κ2) is 7.78. The molecule has 0 rings (SSSR count). The number of carboxylic acid groups (broad SMARTS) is 1. The van der Waals surface area contributed by atoms with Gasteiger partial charge in [-0.2, -0.15) is 52.7 Å². The Balaban J connectivity index is 5.47. The van der Waals surface area contributed by atoms with Crippen LogP contribution in [0.3, 0.4) is 0 Å². The Kier molecular flexibility index (Phi) is 7.38. The number of rotatable bonds is 9. The standard InChI is InChI=1S/C11H10F12O4S/c12-7(13,9(16,17)11(21,22)23)2-1-5(6(24)25)28(26,27)4-3-8(14,15)10(18,19)20/h5H,1-4H2,(H,24,25). The molecule has 0 spiro atoms. The summed E-state index contributed by atoms with van der Waals surface area (Å²) in [6.07, 6.45) is -20.3. The molecule has 0 aromatic rings. The third-order valence-corrected chi connectivity index (χ3v) is 5.44. The van der Waals surface area contributed by atoms with Gasteiger partial charge in [0.2, 0.25) is 0 Å². The largest absolute Gasteiger partial charge is 0.480 e. The Hall–Kier alpha value is -1.42. The highest BCUT2D eigenvalue weighted by Crippen LogP contribution is 2.48. The van der Waals surface area contributed by atoms with Gasteiger partial charge in [0.15, 0.2) is 15.1 Å². The van der Waals surface area contributed by atoms with Crippen molar-refractivity contribution in [3.05, 3.63) is 0 Å². The summed E-state index contributed by atoms with van der Waals surface area (Å²) in [5.41, 5.74) is 0. The van der Waals surface area contributed by atoms with E-state index in [1.165, 1.54) is 0 Å². The molecule has 0 saturated carbocycles. The van der Waals surface area contributed by atoms with Gasteiger partial charge in [-0.1, -0.05) is 0 Å². The molecule has 0 aromatic heterocycles. The van der Waals surface area contributed by atoms with Crippen molar-refractivity contribution in [3.8, 4) is 0 Å². The van der Waals surface area contributed by atoms with Crippen molar-refractivity contribution in [2.45, 2.75) is 54.6 Å². The van der Waals surface area contributed by atoms with Crippen LogP contribution in [0.25, 0.3) is 0 Å². The topological polar surface area (TPSA) is 71.4 Å². The van der Waals surface area contributed by atoms with Gasteiger partial charge in [-0.3, -0.25) is 4.79 Å². The van der Waals surface area contributed by atoms with Crippen molar-refractivity contribution in [2.75, 3.05) is 5.75 Å². The Labute approximate surface area is 148 Å². The molecule has 0 aliphatic heterocycles. The molecule has 0 radical (unpaired) electrons. The van der Waals surface area contributed by atoms with Crippen LogP contribution in [0.1, 0.15) is 19.3 Å². The fourth-order valence-corrected chi connectivity index (χ4v) is 3.30. The molecule has 0 amide bonds. The van der Waals surface area contributed by atoms with E-state index in [0.29, 0.717) is 0 Å². The zero-order chi connectivity index (χ0) is 23.0. The first kappa shape index (κ1) is 26.6. The smallest absolute Gasteiger partial charge is 0.459 e. The van der Waals surface area contributed by atoms with Crippen molar-refractivity contribution < 1.29 is 71.0 Å². The van der Waals surface area contributed by atoms with Gasteiger partial charge in [-0.05, 0) is 6.42 Å². The summed E-state index contributed by atoms with van der Waals surface area (Å²) in [5, 5.41) is 5.40. The molecule has 0 aliphatic carbocycles. The molecular weight excluding hydrogens is 456 g/mol. The molecule has 0 aromatic carbocycles. The van der Waals surface area contributed by atoms with Crippen molar-refractivity contribution >= 4 is 15.8 Å². The normalized spacial score (nSPS) is 16.1. The zero-order valence-electron chi connectivity index (χ0n) is 13.0. The Bertz CT molecular complexity index is 664. The lowest BCUT2D eigenvalue weighted by atomic mass is 10.0. The molecule has 1 N–H and O–H groups in total. The fraction of sp³-hybridized carbons (Fsp3) is 0.909. The predicted molar refractivity (Wildman–Crippen MR) is 66.0 cm³/mol. The van der Waals surface area contributed by atoms with E-state index in [0.717, 1.165) is 0 Å². The predicted octanol–water partition coefficient (Wildman–Crippen LogP) is 4.06. The second-order valence-corrected chi connectivity index (χ2v) is 7.76. The van der Waals surface area contributed by atoms with Gasteiger partial charge in [0, 0.05) is 12.8 Å². The van der Waals surface area contributed by atoms with Crippen LogP contribution in [0.2, 0.25) is 0 Å². The average Bonchev–Trinajstić information content (AvgIpc) is 2.42. The maximum atomic E-state index is 13.1. The number of hydrogen-bond acceptors (Lipinski definition) is 3. The second-order valence-electron chi connectivity index (χ2n) is 5.46. The first-order valence-corrected chi connectivity index (χ1v) is 8.42. The summed E-state index contributed by atoms with van der Waals surface area (Å²) in [5.74, 6) is -23.1. The van der Waals surface area contributed by atoms with Crippen LogP contribution in [0.4, 0.5) is 52.7 Å². The van der Waals surface area contributed by atoms with Crippen molar-refractivity contribution in [2.24, 2.45) is 0 Å². The Morgan fingerprint density at radius 3 is 1.50 bits per heavy atom. The van der Waals surface area contributed by atoms with Crippen LogP contribution in [0, 0.1) is 0 Å². The molecule has 28 heavy (non-hydrogen) atoms. The van der Waals surface area contributed by atoms with E-state index in [1.54, 1.807) is 0 Å². The van der Waals surface area contributed by atoms with Gasteiger partial charge in [0.1, 0.15) is 0 Å². The average molecular weight is 466 g/mol. The summed E-state index contributed by atoms with van der Waals surface area (Å²) in [6.45, 7) is 0. The van der Waals surface area contributed by atoms with Gasteiger partial charge >= 0.3 is 36.1 Å². The quantitative estimate of drug-likeness (QED) is 0.521. The summed E-state index contributed by atoms with van der Waals surface area (Å²) in [7, 11) is -5.56. The molecule has 1 unspecified atom stereocenters. The van der Waals surface area contributed by atoms with Crippen LogP contribution in [0.5, 0.6) is 0 Å². The highest BCUT2D eigenvalue weighted by Gasteiger charge is 2.72. The number of hydrogen-bond donors (Lipinski definition) is 1. The molecule has 168 valence electrons. The zero-order valence-corrected chi connectivity index (χ0v) is 13.8.